The quantitative estimate of drug-likeness (QED) is 0.116. The second-order valence-electron chi connectivity index (χ2n) is 19.2. The molecular formula is C51H62O6. The van der Waals surface area contributed by atoms with E-state index in [1.165, 1.54) is 5.57 Å². The number of carbonyl (C=O) groups is 3. The molecule has 0 aromatic heterocycles. The van der Waals surface area contributed by atoms with Crippen LogP contribution in [0.25, 0.3) is 0 Å². The molecule has 302 valence electrons. The van der Waals surface area contributed by atoms with Crippen molar-refractivity contribution in [1.29, 1.82) is 0 Å². The molecule has 7 rings (SSSR count). The van der Waals surface area contributed by atoms with Crippen LogP contribution in [0.5, 0.6) is 0 Å². The highest BCUT2D eigenvalue weighted by Gasteiger charge is 2.70. The van der Waals surface area contributed by atoms with Gasteiger partial charge in [0.05, 0.1) is 16.7 Å². The van der Waals surface area contributed by atoms with E-state index in [0.717, 1.165) is 50.5 Å². The van der Waals surface area contributed by atoms with Crippen molar-refractivity contribution in [2.45, 2.75) is 119 Å². The molecule has 0 aliphatic heterocycles. The Balaban J connectivity index is 1.21. The van der Waals surface area contributed by atoms with Gasteiger partial charge in [-0.1, -0.05) is 107 Å². The Morgan fingerprint density at radius 2 is 1.23 bits per heavy atom. The summed E-state index contributed by atoms with van der Waals surface area (Å²) in [7, 11) is 0. The van der Waals surface area contributed by atoms with Gasteiger partial charge in [0.1, 0.15) is 18.3 Å². The Labute approximate surface area is 340 Å². The van der Waals surface area contributed by atoms with Crippen molar-refractivity contribution in [3.8, 4) is 0 Å². The molecule has 0 spiro atoms. The summed E-state index contributed by atoms with van der Waals surface area (Å²) in [5.41, 5.74) is 3.30. The topological polar surface area (TPSA) is 78.9 Å². The third kappa shape index (κ3) is 7.43. The average molecular weight is 771 g/mol. The normalized spacial score (nSPS) is 32.2. The molecule has 0 saturated heterocycles. The van der Waals surface area contributed by atoms with Crippen LogP contribution in [0.3, 0.4) is 0 Å². The first-order chi connectivity index (χ1) is 27.1. The van der Waals surface area contributed by atoms with Crippen molar-refractivity contribution in [2.24, 2.45) is 45.3 Å². The van der Waals surface area contributed by atoms with E-state index in [9.17, 15) is 14.4 Å². The van der Waals surface area contributed by atoms with Gasteiger partial charge < -0.3 is 14.2 Å². The van der Waals surface area contributed by atoms with Crippen LogP contribution in [-0.2, 0) is 14.2 Å². The zero-order valence-electron chi connectivity index (χ0n) is 35.3. The lowest BCUT2D eigenvalue weighted by molar-refractivity contribution is -0.178. The van der Waals surface area contributed by atoms with Crippen molar-refractivity contribution in [1.82, 2.24) is 0 Å². The van der Waals surface area contributed by atoms with Crippen LogP contribution >= 0.6 is 0 Å². The van der Waals surface area contributed by atoms with Crippen LogP contribution in [0.15, 0.2) is 114 Å². The van der Waals surface area contributed by atoms with Gasteiger partial charge in [-0.25, -0.2) is 14.4 Å². The summed E-state index contributed by atoms with van der Waals surface area (Å²) in [6.07, 6.45) is 9.96. The van der Waals surface area contributed by atoms with Crippen LogP contribution < -0.4 is 0 Å². The fourth-order valence-electron chi connectivity index (χ4n) is 12.4. The van der Waals surface area contributed by atoms with Crippen LogP contribution in [-0.4, -0.2) is 36.2 Å². The predicted octanol–water partition coefficient (Wildman–Crippen LogP) is 11.9. The standard InChI is InChI=1S/C51H62O6/c1-33(2)30-38(55-45(52)35-18-12-9-13-19-35)31-34(3)39-26-27-51(8)44-42(56-46(53)36-20-14-10-15-21-36)32-41-40(49(44,6)28-29-50(39,51)7)24-25-43(48(41,4)5)57-47(54)37-22-16-11-17-23-37/h9-23,30,32,34,38-40,42-44H,24-29,31H2,1-8H3/t34-,38+,39-,40-,42+,43+,44-,49+,50-,51+/m1/s1. The summed E-state index contributed by atoms with van der Waals surface area (Å²) in [6.45, 7) is 18.4. The molecule has 3 saturated carbocycles. The fourth-order valence-corrected chi connectivity index (χ4v) is 12.4. The minimum atomic E-state index is -0.454. The number of allylic oxidation sites excluding steroid dienone is 1. The number of rotatable bonds is 10. The highest BCUT2D eigenvalue weighted by molar-refractivity contribution is 5.90. The summed E-state index contributed by atoms with van der Waals surface area (Å²) in [4.78, 5) is 40.7. The van der Waals surface area contributed by atoms with Gasteiger partial charge in [-0.05, 0) is 141 Å². The summed E-state index contributed by atoms with van der Waals surface area (Å²) in [6, 6.07) is 27.8. The maximum Gasteiger partial charge on any atom is 0.338 e. The fraction of sp³-hybridized carbons (Fsp3) is 0.510. The molecule has 10 atom stereocenters. The maximum atomic E-state index is 14.1. The van der Waals surface area contributed by atoms with Crippen molar-refractivity contribution in [3.63, 3.8) is 0 Å². The Hall–Kier alpha value is -4.45. The highest BCUT2D eigenvalue weighted by Crippen LogP contribution is 2.75. The van der Waals surface area contributed by atoms with Crippen LogP contribution in [0.4, 0.5) is 0 Å². The summed E-state index contributed by atoms with van der Waals surface area (Å²) >= 11 is 0. The zero-order chi connectivity index (χ0) is 40.8. The van der Waals surface area contributed by atoms with E-state index in [1.54, 1.807) is 12.1 Å². The minimum Gasteiger partial charge on any atom is -0.458 e. The maximum absolute atomic E-state index is 14.1. The van der Waals surface area contributed by atoms with Crippen LogP contribution in [0, 0.1) is 45.3 Å². The summed E-state index contributed by atoms with van der Waals surface area (Å²) in [5.74, 6) is 0.159. The first kappa shape index (κ1) is 40.7. The Morgan fingerprint density at radius 3 is 1.79 bits per heavy atom. The first-order valence-electron chi connectivity index (χ1n) is 21.2. The van der Waals surface area contributed by atoms with E-state index >= 15 is 0 Å². The van der Waals surface area contributed by atoms with E-state index in [1.807, 2.05) is 78.9 Å². The molecule has 0 unspecified atom stereocenters. The Morgan fingerprint density at radius 1 is 0.684 bits per heavy atom. The van der Waals surface area contributed by atoms with Gasteiger partial charge in [0, 0.05) is 11.3 Å². The largest absolute Gasteiger partial charge is 0.458 e. The third-order valence-corrected chi connectivity index (χ3v) is 15.4. The number of hydrogen-bond acceptors (Lipinski definition) is 6. The van der Waals surface area contributed by atoms with Crippen molar-refractivity contribution < 1.29 is 28.6 Å². The van der Waals surface area contributed by atoms with Gasteiger partial charge in [-0.3, -0.25) is 0 Å². The highest BCUT2D eigenvalue weighted by atomic mass is 16.6. The van der Waals surface area contributed by atoms with E-state index < -0.39 is 11.5 Å². The van der Waals surface area contributed by atoms with E-state index in [-0.39, 0.29) is 58.2 Å². The van der Waals surface area contributed by atoms with E-state index in [4.69, 9.17) is 14.2 Å². The second-order valence-corrected chi connectivity index (χ2v) is 19.2. The smallest absolute Gasteiger partial charge is 0.338 e. The first-order valence-corrected chi connectivity index (χ1v) is 21.2. The molecular weight excluding hydrogens is 709 g/mol. The molecule has 3 aromatic carbocycles. The van der Waals surface area contributed by atoms with Gasteiger partial charge in [-0.2, -0.15) is 0 Å². The molecule has 0 radical (unpaired) electrons. The van der Waals surface area contributed by atoms with Crippen LogP contribution in [0.1, 0.15) is 131 Å². The van der Waals surface area contributed by atoms with Crippen molar-refractivity contribution in [3.05, 3.63) is 131 Å². The number of carbonyl (C=O) groups excluding carboxylic acids is 3. The van der Waals surface area contributed by atoms with Gasteiger partial charge in [0.25, 0.3) is 0 Å². The Kier molecular flexibility index (Phi) is 11.2. The van der Waals surface area contributed by atoms with E-state index in [2.05, 4.69) is 67.5 Å². The lowest BCUT2D eigenvalue weighted by atomic mass is 9.38. The molecule has 0 bridgehead atoms. The minimum absolute atomic E-state index is 0.0315. The van der Waals surface area contributed by atoms with Gasteiger partial charge in [0.2, 0.25) is 0 Å². The molecule has 4 aliphatic rings. The third-order valence-electron chi connectivity index (χ3n) is 15.4. The summed E-state index contributed by atoms with van der Waals surface area (Å²) in [5, 5.41) is 0. The predicted molar refractivity (Wildman–Crippen MR) is 225 cm³/mol. The molecule has 6 nitrogen and oxygen atoms in total. The molecule has 0 N–H and O–H groups in total. The molecule has 0 amide bonds. The SMILES string of the molecule is CC(C)=C[C@@H](C[C@@H](C)[C@H]1CC[C@@]2(C)[C@@H]3[C@@H](OC(=O)c4ccccc4)C=C4[C@@H](CC[C@H](OC(=O)c5ccccc5)C4(C)C)[C@]3(C)CC[C@]12C)OC(=O)c1ccccc1. The van der Waals surface area contributed by atoms with Gasteiger partial charge in [0.15, 0.2) is 0 Å². The van der Waals surface area contributed by atoms with Crippen molar-refractivity contribution >= 4 is 17.9 Å². The summed E-state index contributed by atoms with van der Waals surface area (Å²) < 4.78 is 19.3. The lowest BCUT2D eigenvalue weighted by Gasteiger charge is -2.67. The average Bonchev–Trinajstić information content (AvgIpc) is 3.47. The Bertz CT molecular complexity index is 2000. The number of fused-ring (bicyclic) bond motifs is 5. The number of hydrogen-bond donors (Lipinski definition) is 0. The molecule has 57 heavy (non-hydrogen) atoms. The molecule has 3 fully saturated rings. The van der Waals surface area contributed by atoms with Crippen molar-refractivity contribution in [2.75, 3.05) is 0 Å². The monoisotopic (exact) mass is 770 g/mol. The molecule has 4 aliphatic carbocycles. The second kappa shape index (κ2) is 15.7. The zero-order valence-corrected chi connectivity index (χ0v) is 35.3. The number of esters is 3. The van der Waals surface area contributed by atoms with E-state index in [0.29, 0.717) is 28.5 Å². The van der Waals surface area contributed by atoms with Gasteiger partial charge in [-0.15, -0.1) is 0 Å². The number of benzene rings is 3. The number of ether oxygens (including phenoxy) is 3. The lowest BCUT2D eigenvalue weighted by Crippen LogP contribution is -2.63. The molecule has 6 heteroatoms. The van der Waals surface area contributed by atoms with Crippen LogP contribution in [0.2, 0.25) is 0 Å². The molecule has 3 aromatic rings. The molecule has 0 heterocycles. The van der Waals surface area contributed by atoms with Gasteiger partial charge >= 0.3 is 17.9 Å².